The molecule has 0 aliphatic rings. The van der Waals surface area contributed by atoms with Gasteiger partial charge in [0.25, 0.3) is 0 Å². The second kappa shape index (κ2) is 25.2. The molecule has 2 aromatic carbocycles. The first-order chi connectivity index (χ1) is 21.0. The lowest BCUT2D eigenvalue weighted by molar-refractivity contribution is -0.696. The van der Waals surface area contributed by atoms with E-state index < -0.39 is 0 Å². The zero-order chi connectivity index (χ0) is 31.0. The second-order valence-corrected chi connectivity index (χ2v) is 11.3. The molecule has 0 radical (unpaired) electrons. The summed E-state index contributed by atoms with van der Waals surface area (Å²) in [6.45, 7) is 9.55. The number of alkyl halides is 1. The predicted molar refractivity (Wildman–Crippen MR) is 187 cm³/mol. The number of halogens is 2. The van der Waals surface area contributed by atoms with E-state index in [9.17, 15) is 0 Å². The Hall–Kier alpha value is -3.18. The largest absolute Gasteiger partial charge is 1.00 e. The number of unbranched alkanes of at least 4 members (excludes halogenated alkanes) is 2. The van der Waals surface area contributed by atoms with E-state index in [1.54, 1.807) is 12.4 Å². The minimum atomic E-state index is 0. The molecule has 0 aliphatic heterocycles. The maximum atomic E-state index is 3.85. The smallest absolute Gasteiger partial charge is 0.169 e. The Kier molecular flexibility index (Phi) is 22.2. The highest BCUT2D eigenvalue weighted by molar-refractivity contribution is 9.09. The van der Waals surface area contributed by atoms with Crippen LogP contribution in [0.1, 0.15) is 85.8 Å². The van der Waals surface area contributed by atoms with E-state index in [1.807, 2.05) is 19.1 Å². The number of aromatic nitrogens is 2. The first kappa shape index (κ1) is 38.8. The third-order valence-corrected chi connectivity index (χ3v) is 7.03. The first-order valence-corrected chi connectivity index (χ1v) is 16.7. The highest BCUT2D eigenvalue weighted by Gasteiger charge is 1.97. The lowest BCUT2D eigenvalue weighted by atomic mass is 10.1. The summed E-state index contributed by atoms with van der Waals surface area (Å²) < 4.78 is 2.18. The van der Waals surface area contributed by atoms with E-state index in [-0.39, 0.29) is 17.0 Å². The summed E-state index contributed by atoms with van der Waals surface area (Å²) in [6.07, 6.45) is 17.0. The number of pyridine rings is 2. The SMILES string of the molecule is CCCCc1ccc(C#CCCBr)cc1.CCCCc1ccc(C#CCC[n+]2ccc(C)cc2)cc1.Cc1ccncc1.[Br-]. The lowest BCUT2D eigenvalue weighted by Crippen LogP contribution is -3.00. The van der Waals surface area contributed by atoms with Gasteiger partial charge in [0.2, 0.25) is 0 Å². The Labute approximate surface area is 286 Å². The Morgan fingerprint density at radius 2 is 1.09 bits per heavy atom. The number of hydrogen-bond acceptors (Lipinski definition) is 1. The summed E-state index contributed by atoms with van der Waals surface area (Å²) in [5.41, 5.74) is 7.62. The summed E-state index contributed by atoms with van der Waals surface area (Å²) in [7, 11) is 0. The number of nitrogens with zero attached hydrogens (tertiary/aromatic N) is 2. The fraction of sp³-hybridized carbons (Fsp3) is 0.350. The van der Waals surface area contributed by atoms with Gasteiger partial charge >= 0.3 is 0 Å². The van der Waals surface area contributed by atoms with E-state index in [4.69, 9.17) is 0 Å². The van der Waals surface area contributed by atoms with Gasteiger partial charge in [0.05, 0.1) is 6.42 Å². The van der Waals surface area contributed by atoms with Crippen LogP contribution in [0.3, 0.4) is 0 Å². The quantitative estimate of drug-likeness (QED) is 0.108. The van der Waals surface area contributed by atoms with Gasteiger partial charge in [0.1, 0.15) is 0 Å². The highest BCUT2D eigenvalue weighted by Crippen LogP contribution is 2.08. The van der Waals surface area contributed by atoms with Gasteiger partial charge < -0.3 is 17.0 Å². The van der Waals surface area contributed by atoms with Crippen molar-refractivity contribution in [2.75, 3.05) is 5.33 Å². The highest BCUT2D eigenvalue weighted by atomic mass is 79.9. The maximum absolute atomic E-state index is 3.85. The molecule has 0 fully saturated rings. The number of benzene rings is 2. The molecule has 44 heavy (non-hydrogen) atoms. The zero-order valence-electron chi connectivity index (χ0n) is 27.0. The number of hydrogen-bond donors (Lipinski definition) is 0. The van der Waals surface area contributed by atoms with Crippen LogP contribution in [0.2, 0.25) is 0 Å². The molecule has 0 spiro atoms. The molecule has 2 nitrogen and oxygen atoms in total. The monoisotopic (exact) mass is 714 g/mol. The molecule has 0 aliphatic carbocycles. The Morgan fingerprint density at radius 3 is 1.50 bits per heavy atom. The van der Waals surface area contributed by atoms with Crippen LogP contribution < -0.4 is 21.5 Å². The van der Waals surface area contributed by atoms with E-state index in [1.165, 1.54) is 60.8 Å². The van der Waals surface area contributed by atoms with Crippen LogP contribution in [0.15, 0.2) is 97.6 Å². The summed E-state index contributed by atoms with van der Waals surface area (Å²) in [6, 6.07) is 25.5. The minimum absolute atomic E-state index is 0. The number of rotatable bonds is 9. The molecule has 4 heteroatoms. The van der Waals surface area contributed by atoms with Crippen LogP contribution in [0.4, 0.5) is 0 Å². The van der Waals surface area contributed by atoms with E-state index in [0.717, 1.165) is 35.8 Å². The van der Waals surface area contributed by atoms with Crippen molar-refractivity contribution in [3.8, 4) is 23.7 Å². The molecule has 2 heterocycles. The summed E-state index contributed by atoms with van der Waals surface area (Å²) in [4.78, 5) is 3.85. The van der Waals surface area contributed by atoms with Crippen LogP contribution in [0.25, 0.3) is 0 Å². The van der Waals surface area contributed by atoms with Crippen LogP contribution in [-0.2, 0) is 19.4 Å². The molecular weight excluding hydrogens is 668 g/mol. The van der Waals surface area contributed by atoms with E-state index >= 15 is 0 Å². The molecule has 0 amide bonds. The summed E-state index contributed by atoms with van der Waals surface area (Å²) >= 11 is 3.36. The van der Waals surface area contributed by atoms with Crippen molar-refractivity contribution in [2.24, 2.45) is 0 Å². The fourth-order valence-electron chi connectivity index (χ4n) is 3.94. The Morgan fingerprint density at radius 1 is 0.636 bits per heavy atom. The van der Waals surface area contributed by atoms with Gasteiger partial charge in [0.15, 0.2) is 18.9 Å². The lowest BCUT2D eigenvalue weighted by Gasteiger charge is -1.99. The molecular formula is C40H48Br2N2. The molecule has 4 rings (SSSR count). The normalized spacial score (nSPS) is 9.39. The second-order valence-electron chi connectivity index (χ2n) is 10.5. The maximum Gasteiger partial charge on any atom is 0.169 e. The van der Waals surface area contributed by atoms with Crippen LogP contribution in [-0.4, -0.2) is 10.3 Å². The van der Waals surface area contributed by atoms with Gasteiger partial charge in [-0.2, -0.15) is 0 Å². The van der Waals surface area contributed by atoms with Crippen LogP contribution >= 0.6 is 15.9 Å². The average Bonchev–Trinajstić information content (AvgIpc) is 3.04. The Bertz CT molecular complexity index is 1390. The van der Waals surface area contributed by atoms with Crippen molar-refractivity contribution in [1.29, 1.82) is 0 Å². The van der Waals surface area contributed by atoms with Crippen molar-refractivity contribution in [3.63, 3.8) is 0 Å². The van der Waals surface area contributed by atoms with Crippen LogP contribution in [0, 0.1) is 37.5 Å². The minimum Gasteiger partial charge on any atom is -1.00 e. The van der Waals surface area contributed by atoms with Crippen molar-refractivity contribution in [2.45, 2.75) is 85.6 Å². The van der Waals surface area contributed by atoms with Gasteiger partial charge in [-0.1, -0.05) is 90.6 Å². The van der Waals surface area contributed by atoms with Crippen molar-refractivity contribution in [3.05, 3.63) is 131 Å². The molecule has 0 bridgehead atoms. The fourth-order valence-corrected chi connectivity index (χ4v) is 4.14. The van der Waals surface area contributed by atoms with Crippen LogP contribution in [0.5, 0.6) is 0 Å². The van der Waals surface area contributed by atoms with Gasteiger partial charge in [-0.3, -0.25) is 4.98 Å². The molecule has 2 aromatic heterocycles. The van der Waals surface area contributed by atoms with Crippen molar-refractivity contribution >= 4 is 15.9 Å². The summed E-state index contributed by atoms with van der Waals surface area (Å²) in [5, 5.41) is 0.953. The first-order valence-electron chi connectivity index (χ1n) is 15.6. The molecule has 0 atom stereocenters. The molecule has 0 N–H and O–H groups in total. The molecule has 0 unspecified atom stereocenters. The van der Waals surface area contributed by atoms with Crippen molar-refractivity contribution in [1.82, 2.24) is 4.98 Å². The topological polar surface area (TPSA) is 16.8 Å². The van der Waals surface area contributed by atoms with Gasteiger partial charge in [-0.05, 0) is 98.2 Å². The van der Waals surface area contributed by atoms with Gasteiger partial charge in [-0.25, -0.2) is 4.57 Å². The average molecular weight is 717 g/mol. The van der Waals surface area contributed by atoms with Gasteiger partial charge in [0, 0.05) is 47.4 Å². The summed E-state index contributed by atoms with van der Waals surface area (Å²) in [5.74, 6) is 12.8. The predicted octanol–water partition coefficient (Wildman–Crippen LogP) is 6.63. The van der Waals surface area contributed by atoms with Crippen molar-refractivity contribution < 1.29 is 21.5 Å². The van der Waals surface area contributed by atoms with E-state index in [2.05, 4.69) is 143 Å². The standard InChI is InChI=1S/C20H24N.C14H17Br.C6H7N.BrH/c1-3-4-7-19-9-11-20(12-10-19)8-5-6-15-21-16-13-18(2)14-17-21;1-2-3-6-13-8-10-14(11-9-13)7-4-5-12-15;1-6-2-4-7-5-3-6;/h9-14,16-17H,3-4,6-7,15H2,1-2H3;8-11H,2-3,5-6,12H2,1H3;2-5H,1H3;1H/q+1;;;/p-1. The third-order valence-electron chi connectivity index (χ3n) is 6.63. The molecule has 232 valence electrons. The molecule has 4 aromatic rings. The third kappa shape index (κ3) is 18.5. The molecule has 0 saturated carbocycles. The van der Waals surface area contributed by atoms with E-state index in [0.29, 0.717) is 0 Å². The van der Waals surface area contributed by atoms with Gasteiger partial charge in [-0.15, -0.1) is 0 Å². The Balaban J connectivity index is 0.000000366. The number of aryl methyl sites for hydroxylation is 5. The molecule has 0 saturated heterocycles. The zero-order valence-corrected chi connectivity index (χ0v) is 30.1.